The van der Waals surface area contributed by atoms with E-state index < -0.39 is 64.3 Å². The zero-order chi connectivity index (χ0) is 23.6. The van der Waals surface area contributed by atoms with E-state index in [1.54, 1.807) is 30.3 Å². The number of nitrogens with zero attached hydrogens (tertiary/aromatic N) is 1. The molecule has 1 heterocycles. The number of benzene rings is 1. The summed E-state index contributed by atoms with van der Waals surface area (Å²) in [4.78, 5) is 62.3. The Labute approximate surface area is 177 Å². The lowest BCUT2D eigenvalue weighted by atomic mass is 9.71. The second-order valence-corrected chi connectivity index (χ2v) is 8.32. The average molecular weight is 437 g/mol. The van der Waals surface area contributed by atoms with Crippen molar-refractivity contribution in [2.75, 3.05) is 0 Å². The first-order chi connectivity index (χ1) is 14.3. The highest BCUT2D eigenvalue weighted by molar-refractivity contribution is 5.98. The van der Waals surface area contributed by atoms with Gasteiger partial charge in [-0.3, -0.25) is 10.1 Å². The second-order valence-electron chi connectivity index (χ2n) is 8.32. The topological polar surface area (TPSA) is 167 Å². The molecule has 0 aliphatic carbocycles. The molecule has 1 aromatic carbocycles. The standard InChI is InChI=1S/C20H24N2O9/c1-19(2,3)15(16(25)26)20(17(27)28,22(30)13(23)9-10-14(22)24)21-18(29)31-11-12-7-5-4-6-8-12/h4-8,15,30H,9-11H2,1-3H3,(H2-,21,25,26,27,28,29)/p+1/t15?,20-/m1/s1. The molecule has 1 saturated heterocycles. The van der Waals surface area contributed by atoms with E-state index in [0.29, 0.717) is 5.56 Å². The number of carbonyl (C=O) groups excluding carboxylic acids is 3. The van der Waals surface area contributed by atoms with E-state index in [1.807, 2.05) is 5.32 Å². The number of aliphatic carboxylic acids is 2. The van der Waals surface area contributed by atoms with Gasteiger partial charge in [-0.05, 0) is 15.6 Å². The maximum atomic E-state index is 12.6. The van der Waals surface area contributed by atoms with Crippen LogP contribution in [0.1, 0.15) is 39.2 Å². The molecule has 1 unspecified atom stereocenters. The van der Waals surface area contributed by atoms with Crippen LogP contribution in [0.15, 0.2) is 30.3 Å². The lowest BCUT2D eigenvalue weighted by Gasteiger charge is -2.44. The van der Waals surface area contributed by atoms with Gasteiger partial charge < -0.3 is 14.9 Å². The van der Waals surface area contributed by atoms with Crippen molar-refractivity contribution in [2.45, 2.75) is 45.9 Å². The number of hydrogen-bond donors (Lipinski definition) is 4. The number of imide groups is 1. The third-order valence-electron chi connectivity index (χ3n) is 5.15. The minimum atomic E-state index is -3.26. The molecule has 0 radical (unpaired) electrons. The monoisotopic (exact) mass is 437 g/mol. The molecule has 1 fully saturated rings. The molecule has 0 spiro atoms. The van der Waals surface area contributed by atoms with E-state index >= 15 is 0 Å². The number of amides is 3. The van der Waals surface area contributed by atoms with E-state index in [-0.39, 0.29) is 6.61 Å². The van der Waals surface area contributed by atoms with E-state index in [0.717, 1.165) is 0 Å². The highest BCUT2D eigenvalue weighted by Crippen LogP contribution is 2.43. The number of ether oxygens (including phenoxy) is 1. The van der Waals surface area contributed by atoms with Gasteiger partial charge in [0.1, 0.15) is 6.61 Å². The largest absolute Gasteiger partial charge is 0.481 e. The number of alkyl carbamates (subject to hydrolysis) is 1. The number of carboxylic acids is 2. The minimum absolute atomic E-state index is 0.303. The summed E-state index contributed by atoms with van der Waals surface area (Å²) >= 11 is 0. The maximum Gasteiger partial charge on any atom is 0.412 e. The molecule has 1 aliphatic rings. The molecule has 1 aliphatic heterocycles. The highest BCUT2D eigenvalue weighted by atomic mass is 16.6. The zero-order valence-electron chi connectivity index (χ0n) is 17.3. The average Bonchev–Trinajstić information content (AvgIpc) is 2.93. The van der Waals surface area contributed by atoms with Crippen LogP contribution in [-0.2, 0) is 30.5 Å². The summed E-state index contributed by atoms with van der Waals surface area (Å²) in [6.07, 6.45) is -2.44. The molecule has 0 aromatic heterocycles. The van der Waals surface area contributed by atoms with Gasteiger partial charge in [0.2, 0.25) is 0 Å². The van der Waals surface area contributed by atoms with Crippen LogP contribution in [0, 0.1) is 11.3 Å². The van der Waals surface area contributed by atoms with Gasteiger partial charge in [0.25, 0.3) is 0 Å². The fourth-order valence-corrected chi connectivity index (χ4v) is 3.82. The normalized spacial score (nSPS) is 18.7. The SMILES string of the molecule is CC(C)(C)C(C(=O)O)[C@](NC(=O)OCc1ccccc1)(C(=O)O)[N+]1(O)C(=O)CCC1=O. The zero-order valence-corrected chi connectivity index (χ0v) is 17.3. The third-order valence-corrected chi connectivity index (χ3v) is 5.15. The number of likely N-dealkylation sites (tertiary alicyclic amines) is 1. The Kier molecular flexibility index (Phi) is 6.52. The Balaban J connectivity index is 2.59. The second kappa shape index (κ2) is 8.44. The van der Waals surface area contributed by atoms with Crippen LogP contribution < -0.4 is 5.32 Å². The van der Waals surface area contributed by atoms with Crippen LogP contribution in [0.25, 0.3) is 0 Å². The molecule has 0 saturated carbocycles. The van der Waals surface area contributed by atoms with Crippen LogP contribution in [0.3, 0.4) is 0 Å². The van der Waals surface area contributed by atoms with E-state index in [1.165, 1.54) is 20.8 Å². The molecule has 2 atom stereocenters. The minimum Gasteiger partial charge on any atom is -0.481 e. The summed E-state index contributed by atoms with van der Waals surface area (Å²) in [6, 6.07) is 8.33. The Morgan fingerprint density at radius 2 is 1.58 bits per heavy atom. The number of quaternary nitrogens is 1. The smallest absolute Gasteiger partial charge is 0.412 e. The molecular formula is C20H25N2O9+. The maximum absolute atomic E-state index is 12.6. The molecule has 0 bridgehead atoms. The molecule has 11 nitrogen and oxygen atoms in total. The van der Waals surface area contributed by atoms with E-state index in [2.05, 4.69) is 0 Å². The van der Waals surface area contributed by atoms with Crippen LogP contribution in [-0.4, -0.2) is 55.6 Å². The summed E-state index contributed by atoms with van der Waals surface area (Å²) in [6.45, 7) is 3.73. The van der Waals surface area contributed by atoms with Gasteiger partial charge in [0.05, 0.1) is 12.8 Å². The van der Waals surface area contributed by atoms with Gasteiger partial charge in [-0.25, -0.2) is 19.2 Å². The summed E-state index contributed by atoms with van der Waals surface area (Å²) in [5, 5.41) is 32.9. The lowest BCUT2D eigenvalue weighted by molar-refractivity contribution is -1.01. The summed E-state index contributed by atoms with van der Waals surface area (Å²) in [5.74, 6) is -8.40. The Hall–Kier alpha value is -3.31. The van der Waals surface area contributed by atoms with Crippen molar-refractivity contribution in [1.82, 2.24) is 5.32 Å². The predicted octanol–water partition coefficient (Wildman–Crippen LogP) is 1.49. The first-order valence-electron chi connectivity index (χ1n) is 9.42. The van der Waals surface area contributed by atoms with Gasteiger partial charge in [0.15, 0.2) is 5.92 Å². The molecule has 168 valence electrons. The van der Waals surface area contributed by atoms with Crippen LogP contribution in [0.2, 0.25) is 0 Å². The third kappa shape index (κ3) is 4.14. The van der Waals surface area contributed by atoms with Crippen molar-refractivity contribution in [3.05, 3.63) is 35.9 Å². The molecule has 31 heavy (non-hydrogen) atoms. The Bertz CT molecular complexity index is 891. The van der Waals surface area contributed by atoms with Gasteiger partial charge in [-0.2, -0.15) is 5.21 Å². The fraction of sp³-hybridized carbons (Fsp3) is 0.450. The number of hydroxylamine groups is 3. The fourth-order valence-electron chi connectivity index (χ4n) is 3.82. The van der Waals surface area contributed by atoms with Crippen molar-refractivity contribution >= 4 is 29.8 Å². The van der Waals surface area contributed by atoms with Crippen molar-refractivity contribution in [3.8, 4) is 0 Å². The van der Waals surface area contributed by atoms with Crippen LogP contribution >= 0.6 is 0 Å². The number of hydrogen-bond acceptors (Lipinski definition) is 7. The molecular weight excluding hydrogens is 412 g/mol. The molecule has 3 amide bonds. The number of carboxylic acid groups (broad SMARTS) is 2. The summed E-state index contributed by atoms with van der Waals surface area (Å²) in [5.41, 5.74) is -4.14. The van der Waals surface area contributed by atoms with E-state index in [4.69, 9.17) is 4.74 Å². The molecule has 1 aromatic rings. The van der Waals surface area contributed by atoms with Gasteiger partial charge in [-0.1, -0.05) is 51.1 Å². The van der Waals surface area contributed by atoms with Crippen molar-refractivity contribution in [2.24, 2.45) is 11.3 Å². The van der Waals surface area contributed by atoms with Crippen molar-refractivity contribution in [3.63, 3.8) is 0 Å². The van der Waals surface area contributed by atoms with Gasteiger partial charge in [-0.15, -0.1) is 0 Å². The Morgan fingerprint density at radius 3 is 2.00 bits per heavy atom. The van der Waals surface area contributed by atoms with Gasteiger partial charge in [0, 0.05) is 0 Å². The lowest BCUT2D eigenvalue weighted by Crippen LogP contribution is -2.81. The van der Waals surface area contributed by atoms with Gasteiger partial charge >= 0.3 is 35.5 Å². The first-order valence-corrected chi connectivity index (χ1v) is 9.42. The number of carbonyl (C=O) groups is 5. The highest BCUT2D eigenvalue weighted by Gasteiger charge is 2.77. The summed E-state index contributed by atoms with van der Waals surface area (Å²) < 4.78 is 2.60. The Morgan fingerprint density at radius 1 is 1.06 bits per heavy atom. The van der Waals surface area contributed by atoms with Crippen molar-refractivity contribution in [1.29, 1.82) is 0 Å². The number of nitrogens with one attached hydrogen (secondary N) is 1. The number of rotatable bonds is 7. The van der Waals surface area contributed by atoms with E-state index in [9.17, 15) is 39.4 Å². The molecule has 2 rings (SSSR count). The quantitative estimate of drug-likeness (QED) is 0.281. The predicted molar refractivity (Wildman–Crippen MR) is 102 cm³/mol. The first kappa shape index (κ1) is 24.0. The summed E-state index contributed by atoms with van der Waals surface area (Å²) in [7, 11) is 0. The van der Waals surface area contributed by atoms with Crippen LogP contribution in [0.4, 0.5) is 4.79 Å². The van der Waals surface area contributed by atoms with Crippen LogP contribution in [0.5, 0.6) is 0 Å². The van der Waals surface area contributed by atoms with Crippen molar-refractivity contribution < 1.29 is 48.8 Å². The molecule has 4 N–H and O–H groups in total. The molecule has 11 heteroatoms.